The number of carbonyl (C=O) groups excluding carboxylic acids is 1. The topological polar surface area (TPSA) is 65.5 Å². The van der Waals surface area contributed by atoms with E-state index in [1.54, 1.807) is 0 Å². The summed E-state index contributed by atoms with van der Waals surface area (Å²) >= 11 is 0. The maximum atomic E-state index is 12.5. The van der Waals surface area contributed by atoms with Crippen molar-refractivity contribution in [3.8, 4) is 0 Å². The Kier molecular flexibility index (Phi) is 6.27. The maximum absolute atomic E-state index is 12.5. The van der Waals surface area contributed by atoms with Gasteiger partial charge in [-0.2, -0.15) is 13.2 Å². The van der Waals surface area contributed by atoms with Gasteiger partial charge in [0.25, 0.3) is 5.91 Å². The highest BCUT2D eigenvalue weighted by Gasteiger charge is 2.33. The van der Waals surface area contributed by atoms with E-state index in [9.17, 15) is 18.0 Å². The van der Waals surface area contributed by atoms with Crippen molar-refractivity contribution in [2.24, 2.45) is 10.9 Å². The largest absolute Gasteiger partial charge is 0.416 e. The first-order valence-electron chi connectivity index (χ1n) is 8.31. The number of nitrogens with one attached hydrogen (secondary N) is 3. The van der Waals surface area contributed by atoms with Gasteiger partial charge < -0.3 is 16.0 Å². The van der Waals surface area contributed by atoms with Gasteiger partial charge in [0.2, 0.25) is 0 Å². The summed E-state index contributed by atoms with van der Waals surface area (Å²) in [5, 5.41) is 9.09. The summed E-state index contributed by atoms with van der Waals surface area (Å²) < 4.78 is 37.5. The summed E-state index contributed by atoms with van der Waals surface area (Å²) in [6, 6.07) is 4.58. The third-order valence-corrected chi connectivity index (χ3v) is 3.92. The molecular weight excluding hydrogens is 333 g/mol. The molecule has 0 bridgehead atoms. The van der Waals surface area contributed by atoms with E-state index < -0.39 is 17.6 Å². The van der Waals surface area contributed by atoms with Gasteiger partial charge in [0.05, 0.1) is 12.1 Å². The predicted molar refractivity (Wildman–Crippen MR) is 90.5 cm³/mol. The van der Waals surface area contributed by atoms with Crippen molar-refractivity contribution < 1.29 is 18.0 Å². The fourth-order valence-corrected chi connectivity index (χ4v) is 2.27. The highest BCUT2D eigenvalue weighted by atomic mass is 19.4. The molecule has 0 radical (unpaired) electrons. The molecule has 0 aliphatic heterocycles. The zero-order valence-corrected chi connectivity index (χ0v) is 14.3. The molecule has 0 spiro atoms. The molecule has 1 aliphatic rings. The summed E-state index contributed by atoms with van der Waals surface area (Å²) in [6.45, 7) is 5.55. The van der Waals surface area contributed by atoms with Crippen LogP contribution in [0.15, 0.2) is 29.3 Å². The Balaban J connectivity index is 1.79. The van der Waals surface area contributed by atoms with Crippen molar-refractivity contribution in [3.63, 3.8) is 0 Å². The van der Waals surface area contributed by atoms with Gasteiger partial charge in [-0.15, -0.1) is 0 Å². The highest BCUT2D eigenvalue weighted by molar-refractivity contribution is 5.94. The molecule has 25 heavy (non-hydrogen) atoms. The van der Waals surface area contributed by atoms with Gasteiger partial charge in [-0.25, -0.2) is 0 Å². The Hall–Kier alpha value is -2.25. The van der Waals surface area contributed by atoms with Gasteiger partial charge in [-0.3, -0.25) is 9.79 Å². The first kappa shape index (κ1) is 19.1. The third-order valence-electron chi connectivity index (χ3n) is 3.92. The molecule has 2 atom stereocenters. The number of rotatable bonds is 6. The molecule has 0 heterocycles. The van der Waals surface area contributed by atoms with Gasteiger partial charge in [-0.1, -0.05) is 6.92 Å². The standard InChI is InChI=1S/C17H23F3N4O/c1-3-21-16(24-14-10-11(14)2)23-9-8-22-15(25)12-4-6-13(7-5-12)17(18,19)20/h4-7,11,14H,3,8-10H2,1-2H3,(H,22,25)(H2,21,23,24). The van der Waals surface area contributed by atoms with Crippen LogP contribution in [-0.4, -0.2) is 37.5 Å². The Bertz CT molecular complexity index is 613. The van der Waals surface area contributed by atoms with E-state index >= 15 is 0 Å². The number of guanidine groups is 1. The first-order chi connectivity index (χ1) is 11.8. The van der Waals surface area contributed by atoms with Crippen molar-refractivity contribution in [1.29, 1.82) is 0 Å². The third kappa shape index (κ3) is 5.95. The second kappa shape index (κ2) is 8.22. The zero-order valence-electron chi connectivity index (χ0n) is 14.3. The highest BCUT2D eigenvalue weighted by Crippen LogP contribution is 2.29. The van der Waals surface area contributed by atoms with Crippen LogP contribution in [-0.2, 0) is 6.18 Å². The van der Waals surface area contributed by atoms with E-state index in [-0.39, 0.29) is 5.56 Å². The Morgan fingerprint density at radius 3 is 2.40 bits per heavy atom. The molecule has 138 valence electrons. The molecule has 1 aliphatic carbocycles. The van der Waals surface area contributed by atoms with Crippen LogP contribution in [0.2, 0.25) is 0 Å². The zero-order chi connectivity index (χ0) is 18.4. The van der Waals surface area contributed by atoms with Crippen molar-refractivity contribution in [3.05, 3.63) is 35.4 Å². The number of aliphatic imine (C=N–C) groups is 1. The smallest absolute Gasteiger partial charge is 0.357 e. The van der Waals surface area contributed by atoms with Gasteiger partial charge in [-0.05, 0) is 43.5 Å². The molecule has 8 heteroatoms. The SMILES string of the molecule is CCNC(=NCCNC(=O)c1ccc(C(F)(F)F)cc1)NC1CC1C. The molecule has 1 aromatic rings. The van der Waals surface area contributed by atoms with Crippen LogP contribution in [0, 0.1) is 5.92 Å². The minimum atomic E-state index is -4.40. The first-order valence-corrected chi connectivity index (χ1v) is 8.31. The average Bonchev–Trinajstić information content (AvgIpc) is 3.25. The monoisotopic (exact) mass is 356 g/mol. The van der Waals surface area contributed by atoms with Crippen LogP contribution < -0.4 is 16.0 Å². The Morgan fingerprint density at radius 1 is 1.24 bits per heavy atom. The van der Waals surface area contributed by atoms with Crippen LogP contribution in [0.3, 0.4) is 0 Å². The van der Waals surface area contributed by atoms with E-state index in [1.807, 2.05) is 6.92 Å². The van der Waals surface area contributed by atoms with Crippen LogP contribution in [0.25, 0.3) is 0 Å². The number of benzene rings is 1. The minimum absolute atomic E-state index is 0.189. The molecule has 1 amide bonds. The lowest BCUT2D eigenvalue weighted by molar-refractivity contribution is -0.137. The summed E-state index contributed by atoms with van der Waals surface area (Å²) in [7, 11) is 0. The van der Waals surface area contributed by atoms with E-state index in [4.69, 9.17) is 0 Å². The van der Waals surface area contributed by atoms with Crippen molar-refractivity contribution >= 4 is 11.9 Å². The predicted octanol–water partition coefficient (Wildman–Crippen LogP) is 2.40. The summed E-state index contributed by atoms with van der Waals surface area (Å²) in [6.07, 6.45) is -3.28. The van der Waals surface area contributed by atoms with Crippen LogP contribution in [0.1, 0.15) is 36.2 Å². The van der Waals surface area contributed by atoms with E-state index in [0.29, 0.717) is 31.0 Å². The molecule has 1 fully saturated rings. The molecule has 3 N–H and O–H groups in total. The molecule has 5 nitrogen and oxygen atoms in total. The fourth-order valence-electron chi connectivity index (χ4n) is 2.27. The van der Waals surface area contributed by atoms with Crippen LogP contribution in [0.4, 0.5) is 13.2 Å². The molecule has 2 rings (SSSR count). The Labute approximate surface area is 145 Å². The molecular formula is C17H23F3N4O. The number of hydrogen-bond acceptors (Lipinski definition) is 2. The number of amides is 1. The summed E-state index contributed by atoms with van der Waals surface area (Å²) in [5.41, 5.74) is -0.585. The lowest BCUT2D eigenvalue weighted by Crippen LogP contribution is -2.39. The van der Waals surface area contributed by atoms with E-state index in [0.717, 1.165) is 25.1 Å². The molecule has 0 saturated heterocycles. The van der Waals surface area contributed by atoms with Gasteiger partial charge in [0.1, 0.15) is 0 Å². The quantitative estimate of drug-likeness (QED) is 0.417. The Morgan fingerprint density at radius 2 is 1.88 bits per heavy atom. The van der Waals surface area contributed by atoms with Crippen molar-refractivity contribution in [2.75, 3.05) is 19.6 Å². The van der Waals surface area contributed by atoms with E-state index in [1.165, 1.54) is 12.1 Å². The normalized spacial score (nSPS) is 20.1. The number of carbonyl (C=O) groups is 1. The number of hydrogen-bond donors (Lipinski definition) is 3. The van der Waals surface area contributed by atoms with Gasteiger partial charge >= 0.3 is 6.18 Å². The summed E-state index contributed by atoms with van der Waals surface area (Å²) in [4.78, 5) is 16.3. The second-order valence-corrected chi connectivity index (χ2v) is 6.06. The second-order valence-electron chi connectivity index (χ2n) is 6.06. The van der Waals surface area contributed by atoms with Crippen LogP contribution >= 0.6 is 0 Å². The van der Waals surface area contributed by atoms with Gasteiger partial charge in [0, 0.05) is 24.7 Å². The molecule has 1 aromatic carbocycles. The average molecular weight is 356 g/mol. The molecule has 1 saturated carbocycles. The number of nitrogens with zero attached hydrogens (tertiary/aromatic N) is 1. The van der Waals surface area contributed by atoms with Gasteiger partial charge in [0.15, 0.2) is 5.96 Å². The molecule has 2 unspecified atom stereocenters. The fraction of sp³-hybridized carbons (Fsp3) is 0.529. The number of halogens is 3. The van der Waals surface area contributed by atoms with E-state index in [2.05, 4.69) is 27.9 Å². The van der Waals surface area contributed by atoms with Crippen LogP contribution in [0.5, 0.6) is 0 Å². The lowest BCUT2D eigenvalue weighted by atomic mass is 10.1. The minimum Gasteiger partial charge on any atom is -0.357 e. The van der Waals surface area contributed by atoms with Crippen molar-refractivity contribution in [2.45, 2.75) is 32.5 Å². The lowest BCUT2D eigenvalue weighted by Gasteiger charge is -2.11. The molecule has 0 aromatic heterocycles. The summed E-state index contributed by atoms with van der Waals surface area (Å²) in [5.74, 6) is 0.932. The maximum Gasteiger partial charge on any atom is 0.416 e. The van der Waals surface area contributed by atoms with Crippen molar-refractivity contribution in [1.82, 2.24) is 16.0 Å². The number of alkyl halides is 3.